The second-order valence-corrected chi connectivity index (χ2v) is 7.50. The number of hydrogen-bond acceptors (Lipinski definition) is 8. The third-order valence-electron chi connectivity index (χ3n) is 5.37. The van der Waals surface area contributed by atoms with Crippen molar-refractivity contribution < 1.29 is 4.74 Å². The highest BCUT2D eigenvalue weighted by atomic mass is 16.5. The lowest BCUT2D eigenvalue weighted by atomic mass is 10.2. The van der Waals surface area contributed by atoms with Crippen molar-refractivity contribution in [3.05, 3.63) is 54.4 Å². The maximum Gasteiger partial charge on any atom is 0.178 e. The molecule has 4 aromatic rings. The molecule has 0 saturated heterocycles. The Morgan fingerprint density at radius 1 is 1.31 bits per heavy atom. The number of hydrogen-bond donors (Lipinski definition) is 1. The van der Waals surface area contributed by atoms with Crippen LogP contribution in [0.25, 0.3) is 22.6 Å². The van der Waals surface area contributed by atoms with E-state index in [4.69, 9.17) is 9.84 Å². The molecular weight excluding hydrogens is 406 g/mol. The van der Waals surface area contributed by atoms with E-state index < -0.39 is 0 Å². The number of aromatic nitrogens is 7. The molecule has 1 aliphatic carbocycles. The first-order valence-electron chi connectivity index (χ1n) is 10.4. The summed E-state index contributed by atoms with van der Waals surface area (Å²) in [6, 6.07) is 6.18. The maximum atomic E-state index is 5.23. The van der Waals surface area contributed by atoms with Crippen LogP contribution in [-0.2, 0) is 6.54 Å². The summed E-state index contributed by atoms with van der Waals surface area (Å²) in [5.74, 6) is 1.30. The van der Waals surface area contributed by atoms with Crippen molar-refractivity contribution in [3.8, 4) is 17.0 Å². The third kappa shape index (κ3) is 3.70. The Bertz CT molecular complexity index is 1320. The van der Waals surface area contributed by atoms with Crippen LogP contribution in [0.4, 0.5) is 5.69 Å². The number of ether oxygens (including phenoxy) is 1. The van der Waals surface area contributed by atoms with E-state index in [0.29, 0.717) is 41.2 Å². The quantitative estimate of drug-likeness (QED) is 0.429. The van der Waals surface area contributed by atoms with E-state index in [1.54, 1.807) is 23.9 Å². The molecule has 0 bridgehead atoms. The van der Waals surface area contributed by atoms with Crippen LogP contribution < -0.4 is 10.1 Å². The molecule has 1 saturated carbocycles. The zero-order chi connectivity index (χ0) is 22.1. The van der Waals surface area contributed by atoms with Gasteiger partial charge in [0, 0.05) is 17.8 Å². The van der Waals surface area contributed by atoms with Crippen molar-refractivity contribution in [2.24, 2.45) is 4.99 Å². The molecule has 0 atom stereocenters. The number of methoxy groups -OCH3 is 1. The molecule has 1 aliphatic rings. The molecule has 0 spiro atoms. The Kier molecular flexibility index (Phi) is 5.10. The molecule has 1 fully saturated rings. The van der Waals surface area contributed by atoms with Crippen LogP contribution >= 0.6 is 0 Å². The summed E-state index contributed by atoms with van der Waals surface area (Å²) in [5, 5.41) is 21.1. The highest BCUT2D eigenvalue weighted by Crippen LogP contribution is 2.35. The average molecular weight is 429 g/mol. The van der Waals surface area contributed by atoms with Crippen molar-refractivity contribution in [2.75, 3.05) is 7.11 Å². The molecule has 0 amide bonds. The Morgan fingerprint density at radius 2 is 2.19 bits per heavy atom. The lowest BCUT2D eigenvalue weighted by molar-refractivity contribution is 0.413. The number of rotatable bonds is 8. The first kappa shape index (κ1) is 19.9. The lowest BCUT2D eigenvalue weighted by Gasteiger charge is -2.12. The number of pyridine rings is 1. The Hall–Kier alpha value is -4.08. The van der Waals surface area contributed by atoms with Gasteiger partial charge in [0.1, 0.15) is 11.4 Å². The molecule has 4 aromatic heterocycles. The van der Waals surface area contributed by atoms with Gasteiger partial charge in [0.25, 0.3) is 0 Å². The van der Waals surface area contributed by atoms with Crippen LogP contribution in [0.15, 0.2) is 47.9 Å². The van der Waals surface area contributed by atoms with E-state index in [1.165, 1.54) is 12.8 Å². The highest BCUT2D eigenvalue weighted by molar-refractivity contribution is 5.72. The second kappa shape index (κ2) is 8.22. The van der Waals surface area contributed by atoms with E-state index in [2.05, 4.69) is 37.3 Å². The van der Waals surface area contributed by atoms with Gasteiger partial charge < -0.3 is 10.1 Å². The Labute approximate surface area is 184 Å². The number of fused-ring (bicyclic) bond motifs is 1. The molecule has 10 heteroatoms. The van der Waals surface area contributed by atoms with Crippen LogP contribution in [0.3, 0.4) is 0 Å². The van der Waals surface area contributed by atoms with E-state index in [-0.39, 0.29) is 0 Å². The molecule has 4 heterocycles. The summed E-state index contributed by atoms with van der Waals surface area (Å²) in [6.45, 7) is 5.98. The van der Waals surface area contributed by atoms with Gasteiger partial charge in [0.15, 0.2) is 11.5 Å². The zero-order valence-corrected chi connectivity index (χ0v) is 17.9. The molecule has 162 valence electrons. The van der Waals surface area contributed by atoms with Crippen LogP contribution in [0.2, 0.25) is 0 Å². The van der Waals surface area contributed by atoms with Crippen molar-refractivity contribution in [1.29, 1.82) is 0 Å². The minimum absolute atomic E-state index is 0.406. The molecule has 0 unspecified atom stereocenters. The molecule has 0 radical (unpaired) electrons. The summed E-state index contributed by atoms with van der Waals surface area (Å²) in [5.41, 5.74) is 4.59. The Balaban J connectivity index is 1.39. The topological polar surface area (TPSA) is 107 Å². The number of aliphatic imine (C=N–C) groups is 1. The van der Waals surface area contributed by atoms with E-state index in [0.717, 1.165) is 17.0 Å². The number of allylic oxidation sites excluding steroid dienone is 1. The SMILES string of the molecule is C=Nc1cc(OC)cnc1/C(=C\C)NCc1nnc2ccc(-c3cnn(C4CC4)c3)nn12. The normalized spacial score (nSPS) is 14.0. The van der Waals surface area contributed by atoms with Crippen LogP contribution in [0, 0.1) is 0 Å². The number of nitrogens with zero attached hydrogens (tertiary/aromatic N) is 8. The van der Waals surface area contributed by atoms with Gasteiger partial charge in [-0.05, 0) is 38.6 Å². The van der Waals surface area contributed by atoms with Gasteiger partial charge in [-0.1, -0.05) is 6.08 Å². The van der Waals surface area contributed by atoms with Gasteiger partial charge in [0.2, 0.25) is 0 Å². The molecule has 0 aliphatic heterocycles. The maximum absolute atomic E-state index is 5.23. The standard InChI is InChI=1S/C22H23N9O/c1-4-17(22-19(23-2)9-16(32-3)11-25-22)24-12-21-28-27-20-8-7-18(29-31(20)21)14-10-26-30(13-14)15-5-6-15/h4,7-11,13,15,24H,2,5-6,12H2,1,3H3/b17-4+. The zero-order valence-electron chi connectivity index (χ0n) is 17.9. The van der Waals surface area contributed by atoms with Gasteiger partial charge >= 0.3 is 0 Å². The van der Waals surface area contributed by atoms with Gasteiger partial charge in [0.05, 0.1) is 49.2 Å². The van der Waals surface area contributed by atoms with Crippen LogP contribution in [0.1, 0.15) is 37.3 Å². The minimum Gasteiger partial charge on any atom is -0.495 e. The molecule has 5 rings (SSSR count). The largest absolute Gasteiger partial charge is 0.495 e. The van der Waals surface area contributed by atoms with Gasteiger partial charge in [-0.2, -0.15) is 14.7 Å². The predicted molar refractivity (Wildman–Crippen MR) is 121 cm³/mol. The summed E-state index contributed by atoms with van der Waals surface area (Å²) in [4.78, 5) is 8.55. The third-order valence-corrected chi connectivity index (χ3v) is 5.37. The number of nitrogens with one attached hydrogen (secondary N) is 1. The predicted octanol–water partition coefficient (Wildman–Crippen LogP) is 3.21. The van der Waals surface area contributed by atoms with E-state index >= 15 is 0 Å². The van der Waals surface area contributed by atoms with Gasteiger partial charge in [-0.15, -0.1) is 10.2 Å². The first-order chi connectivity index (χ1) is 15.7. The second-order valence-electron chi connectivity index (χ2n) is 7.50. The van der Waals surface area contributed by atoms with Crippen LogP contribution in [0.5, 0.6) is 5.75 Å². The van der Waals surface area contributed by atoms with Crippen LogP contribution in [-0.4, -0.2) is 48.4 Å². The molecule has 0 aromatic carbocycles. The van der Waals surface area contributed by atoms with Crippen molar-refractivity contribution in [3.63, 3.8) is 0 Å². The fraction of sp³-hybridized carbons (Fsp3) is 0.273. The summed E-state index contributed by atoms with van der Waals surface area (Å²) in [7, 11) is 1.59. The molecule has 10 nitrogen and oxygen atoms in total. The Morgan fingerprint density at radius 3 is 2.94 bits per heavy atom. The van der Waals surface area contributed by atoms with Gasteiger partial charge in [-0.3, -0.25) is 9.67 Å². The van der Waals surface area contributed by atoms with Crippen molar-refractivity contribution in [1.82, 2.24) is 39.9 Å². The summed E-state index contributed by atoms with van der Waals surface area (Å²) < 4.78 is 9.00. The molecule has 32 heavy (non-hydrogen) atoms. The monoisotopic (exact) mass is 429 g/mol. The molecule has 1 N–H and O–H groups in total. The summed E-state index contributed by atoms with van der Waals surface area (Å²) >= 11 is 0. The van der Waals surface area contributed by atoms with Crippen molar-refractivity contribution >= 4 is 23.7 Å². The van der Waals surface area contributed by atoms with Crippen molar-refractivity contribution in [2.45, 2.75) is 32.4 Å². The molecular formula is C22H23N9O. The fourth-order valence-corrected chi connectivity index (χ4v) is 3.48. The van der Waals surface area contributed by atoms with Gasteiger partial charge in [-0.25, -0.2) is 4.98 Å². The van der Waals surface area contributed by atoms with E-state index in [1.807, 2.05) is 42.2 Å². The summed E-state index contributed by atoms with van der Waals surface area (Å²) in [6.07, 6.45) is 9.86. The average Bonchev–Trinajstić information content (AvgIpc) is 3.43. The first-order valence-corrected chi connectivity index (χ1v) is 10.4. The fourth-order valence-electron chi connectivity index (χ4n) is 3.48. The highest BCUT2D eigenvalue weighted by Gasteiger charge is 2.24. The smallest absolute Gasteiger partial charge is 0.178 e. The van der Waals surface area contributed by atoms with E-state index in [9.17, 15) is 0 Å². The lowest BCUT2D eigenvalue weighted by Crippen LogP contribution is -2.16. The minimum atomic E-state index is 0.406.